The van der Waals surface area contributed by atoms with Crippen molar-refractivity contribution in [1.82, 2.24) is 4.90 Å². The van der Waals surface area contributed by atoms with Crippen LogP contribution in [-0.2, 0) is 11.2 Å². The molecule has 0 N–H and O–H groups in total. The third-order valence-electron chi connectivity index (χ3n) is 2.94. The normalized spacial score (nSPS) is 15.8. The lowest BCUT2D eigenvalue weighted by Crippen LogP contribution is -2.40. The number of halogens is 1. The standard InChI is InChI=1S/C13H16FNOS2/c1-18-12-3-2-10(8-11(12)14)9-13(17)15-4-6-16-7-5-15/h2-3,8H,4-7,9H2,1H3. The molecule has 0 saturated carbocycles. The van der Waals surface area contributed by atoms with Gasteiger partial charge in [0.1, 0.15) is 5.82 Å². The molecule has 0 amide bonds. The average Bonchev–Trinajstić information content (AvgIpc) is 2.40. The second-order valence-electron chi connectivity index (χ2n) is 4.14. The van der Waals surface area contributed by atoms with Crippen molar-refractivity contribution in [2.45, 2.75) is 11.3 Å². The Morgan fingerprint density at radius 2 is 2.17 bits per heavy atom. The lowest BCUT2D eigenvalue weighted by atomic mass is 10.1. The second kappa shape index (κ2) is 6.50. The van der Waals surface area contributed by atoms with Gasteiger partial charge in [0, 0.05) is 24.4 Å². The van der Waals surface area contributed by atoms with Gasteiger partial charge in [-0.3, -0.25) is 0 Å². The van der Waals surface area contributed by atoms with E-state index in [9.17, 15) is 4.39 Å². The summed E-state index contributed by atoms with van der Waals surface area (Å²) in [5, 5.41) is 0. The first-order valence-corrected chi connectivity index (χ1v) is 7.52. The van der Waals surface area contributed by atoms with Gasteiger partial charge in [0.15, 0.2) is 0 Å². The number of rotatable bonds is 3. The Balaban J connectivity index is 2.00. The SMILES string of the molecule is CSc1ccc(CC(=S)N2CCOCC2)cc1F. The van der Waals surface area contributed by atoms with Crippen LogP contribution in [0.2, 0.25) is 0 Å². The highest BCUT2D eigenvalue weighted by molar-refractivity contribution is 7.98. The van der Waals surface area contributed by atoms with Crippen LogP contribution in [-0.4, -0.2) is 42.4 Å². The molecule has 1 fully saturated rings. The third kappa shape index (κ3) is 3.43. The Bertz CT molecular complexity index is 433. The molecule has 2 rings (SSSR count). The van der Waals surface area contributed by atoms with Crippen molar-refractivity contribution in [3.63, 3.8) is 0 Å². The largest absolute Gasteiger partial charge is 0.378 e. The molecule has 1 aromatic rings. The molecule has 98 valence electrons. The lowest BCUT2D eigenvalue weighted by molar-refractivity contribution is 0.0684. The topological polar surface area (TPSA) is 12.5 Å². The molecule has 0 aliphatic carbocycles. The van der Waals surface area contributed by atoms with E-state index in [0.29, 0.717) is 11.3 Å². The molecule has 5 heteroatoms. The maximum Gasteiger partial charge on any atom is 0.137 e. The van der Waals surface area contributed by atoms with E-state index in [-0.39, 0.29) is 5.82 Å². The molecule has 1 saturated heterocycles. The van der Waals surface area contributed by atoms with Crippen LogP contribution in [0.1, 0.15) is 5.56 Å². The molecular weight excluding hydrogens is 269 g/mol. The van der Waals surface area contributed by atoms with Gasteiger partial charge in [-0.05, 0) is 24.0 Å². The number of thiocarbonyl (C=S) groups is 1. The van der Waals surface area contributed by atoms with Crippen molar-refractivity contribution in [2.75, 3.05) is 32.6 Å². The van der Waals surface area contributed by atoms with Crippen LogP contribution in [0.3, 0.4) is 0 Å². The molecule has 0 spiro atoms. The van der Waals surface area contributed by atoms with Gasteiger partial charge in [-0.25, -0.2) is 4.39 Å². The first-order chi connectivity index (χ1) is 8.70. The molecule has 0 aromatic heterocycles. The summed E-state index contributed by atoms with van der Waals surface area (Å²) in [7, 11) is 0. The number of hydrogen-bond donors (Lipinski definition) is 0. The van der Waals surface area contributed by atoms with Gasteiger partial charge in [0.05, 0.1) is 18.2 Å². The first kappa shape index (κ1) is 13.8. The van der Waals surface area contributed by atoms with Crippen LogP contribution in [0.15, 0.2) is 23.1 Å². The van der Waals surface area contributed by atoms with Crippen LogP contribution in [0.25, 0.3) is 0 Å². The summed E-state index contributed by atoms with van der Waals surface area (Å²) in [6.07, 6.45) is 2.50. The average molecular weight is 285 g/mol. The van der Waals surface area contributed by atoms with Crippen molar-refractivity contribution >= 4 is 29.0 Å². The minimum absolute atomic E-state index is 0.162. The van der Waals surface area contributed by atoms with Crippen LogP contribution in [0.5, 0.6) is 0 Å². The number of thioether (sulfide) groups is 1. The zero-order valence-corrected chi connectivity index (χ0v) is 12.0. The molecule has 1 aromatic carbocycles. The quantitative estimate of drug-likeness (QED) is 0.625. The van der Waals surface area contributed by atoms with E-state index in [4.69, 9.17) is 17.0 Å². The molecule has 18 heavy (non-hydrogen) atoms. The van der Waals surface area contributed by atoms with E-state index in [1.54, 1.807) is 6.07 Å². The summed E-state index contributed by atoms with van der Waals surface area (Å²) in [5.41, 5.74) is 0.932. The fourth-order valence-corrected chi connectivity index (χ4v) is 2.73. The van der Waals surface area contributed by atoms with E-state index in [1.807, 2.05) is 18.4 Å². The summed E-state index contributed by atoms with van der Waals surface area (Å²) >= 11 is 6.82. The fraction of sp³-hybridized carbons (Fsp3) is 0.462. The van der Waals surface area contributed by atoms with E-state index in [2.05, 4.69) is 4.90 Å². The summed E-state index contributed by atoms with van der Waals surface area (Å²) in [6.45, 7) is 3.12. The summed E-state index contributed by atoms with van der Waals surface area (Å²) in [5.74, 6) is -0.162. The van der Waals surface area contributed by atoms with Crippen molar-refractivity contribution in [3.05, 3.63) is 29.6 Å². The first-order valence-electron chi connectivity index (χ1n) is 5.88. The van der Waals surface area contributed by atoms with Gasteiger partial charge < -0.3 is 9.64 Å². The number of morpholine rings is 1. The van der Waals surface area contributed by atoms with E-state index >= 15 is 0 Å². The molecule has 0 radical (unpaired) electrons. The minimum atomic E-state index is -0.162. The van der Waals surface area contributed by atoms with Crippen LogP contribution < -0.4 is 0 Å². The zero-order valence-electron chi connectivity index (χ0n) is 10.3. The van der Waals surface area contributed by atoms with E-state index in [1.165, 1.54) is 11.8 Å². The van der Waals surface area contributed by atoms with E-state index in [0.717, 1.165) is 36.9 Å². The molecular formula is C13H16FNOS2. The highest BCUT2D eigenvalue weighted by atomic mass is 32.2. The minimum Gasteiger partial charge on any atom is -0.378 e. The fourth-order valence-electron chi connectivity index (χ4n) is 1.92. The lowest BCUT2D eigenvalue weighted by Gasteiger charge is -2.29. The van der Waals surface area contributed by atoms with Gasteiger partial charge >= 0.3 is 0 Å². The van der Waals surface area contributed by atoms with Gasteiger partial charge in [-0.1, -0.05) is 18.3 Å². The van der Waals surface area contributed by atoms with Crippen molar-refractivity contribution in [2.24, 2.45) is 0 Å². The Morgan fingerprint density at radius 1 is 1.44 bits per heavy atom. The molecule has 1 heterocycles. The van der Waals surface area contributed by atoms with Crippen molar-refractivity contribution < 1.29 is 9.13 Å². The van der Waals surface area contributed by atoms with Gasteiger partial charge in [0.2, 0.25) is 0 Å². The molecule has 1 aliphatic heterocycles. The van der Waals surface area contributed by atoms with Crippen LogP contribution in [0, 0.1) is 5.82 Å². The highest BCUT2D eigenvalue weighted by Crippen LogP contribution is 2.20. The Kier molecular flexibility index (Phi) is 4.97. The Labute approximate surface area is 117 Å². The summed E-state index contributed by atoms with van der Waals surface area (Å²) in [6, 6.07) is 5.34. The molecule has 2 nitrogen and oxygen atoms in total. The number of benzene rings is 1. The Morgan fingerprint density at radius 3 is 2.78 bits per heavy atom. The predicted octanol–water partition coefficient (Wildman–Crippen LogP) is 2.75. The number of nitrogens with zero attached hydrogens (tertiary/aromatic N) is 1. The maximum atomic E-state index is 13.6. The monoisotopic (exact) mass is 285 g/mol. The third-order valence-corrected chi connectivity index (χ3v) is 4.11. The van der Waals surface area contributed by atoms with E-state index < -0.39 is 0 Å². The second-order valence-corrected chi connectivity index (χ2v) is 5.46. The van der Waals surface area contributed by atoms with Crippen molar-refractivity contribution in [1.29, 1.82) is 0 Å². The van der Waals surface area contributed by atoms with Crippen LogP contribution in [0.4, 0.5) is 4.39 Å². The van der Waals surface area contributed by atoms with Gasteiger partial charge in [-0.15, -0.1) is 11.8 Å². The molecule has 0 unspecified atom stereocenters. The van der Waals surface area contributed by atoms with Crippen molar-refractivity contribution in [3.8, 4) is 0 Å². The van der Waals surface area contributed by atoms with Gasteiger partial charge in [-0.2, -0.15) is 0 Å². The number of hydrogen-bond acceptors (Lipinski definition) is 3. The molecule has 1 aliphatic rings. The van der Waals surface area contributed by atoms with Gasteiger partial charge in [0.25, 0.3) is 0 Å². The maximum absolute atomic E-state index is 13.6. The smallest absolute Gasteiger partial charge is 0.137 e. The number of ether oxygens (including phenoxy) is 1. The highest BCUT2D eigenvalue weighted by Gasteiger charge is 2.14. The summed E-state index contributed by atoms with van der Waals surface area (Å²) < 4.78 is 18.9. The molecule has 0 bridgehead atoms. The zero-order chi connectivity index (χ0) is 13.0. The summed E-state index contributed by atoms with van der Waals surface area (Å²) in [4.78, 5) is 3.69. The Hall–Kier alpha value is -0.650. The predicted molar refractivity (Wildman–Crippen MR) is 76.9 cm³/mol. The molecule has 0 atom stereocenters. The van der Waals surface area contributed by atoms with Crippen LogP contribution >= 0.6 is 24.0 Å².